The molecule has 3 aliphatic heterocycles. The minimum Gasteiger partial charge on any atom is -0.459 e. The zero-order valence-electron chi connectivity index (χ0n) is 32.0. The molecule has 13 nitrogen and oxygen atoms in total. The van der Waals surface area contributed by atoms with Gasteiger partial charge in [0.1, 0.15) is 36.6 Å². The SMILES string of the molecule is CC[C@H]1OC(=O)[C@H](C)C(=O)[C@H](C)[C@@H](O[C@@H]2O[C@H](C)C[C@H](N(C)C)[C@H]2CC(C)=O)[C@@]2(C)C[C@@H](C)/C(=N\C(C)=O)[C@H](C)[C@@H](OCC(=O)CO2)[C@]1(C)O. The Hall–Kier alpha value is -2.42. The molecule has 0 radical (unpaired) electrons. The second-order valence-electron chi connectivity index (χ2n) is 15.5. The number of rotatable bonds is 6. The highest BCUT2D eigenvalue weighted by atomic mass is 16.7. The first-order valence-corrected chi connectivity index (χ1v) is 17.9. The molecule has 0 saturated carbocycles. The molecular weight excluding hydrogens is 648 g/mol. The molecule has 3 aliphatic rings. The summed E-state index contributed by atoms with van der Waals surface area (Å²) < 4.78 is 31.8. The van der Waals surface area contributed by atoms with Crippen molar-refractivity contribution >= 4 is 34.9 Å². The first-order valence-electron chi connectivity index (χ1n) is 17.9. The molecule has 0 aromatic carbocycles. The van der Waals surface area contributed by atoms with Crippen LogP contribution in [-0.4, -0.2) is 120 Å². The van der Waals surface area contributed by atoms with E-state index in [0.29, 0.717) is 12.1 Å². The molecule has 0 aromatic heterocycles. The van der Waals surface area contributed by atoms with Gasteiger partial charge >= 0.3 is 5.97 Å². The van der Waals surface area contributed by atoms with Gasteiger partial charge in [0.05, 0.1) is 23.9 Å². The highest BCUT2D eigenvalue weighted by molar-refractivity contribution is 6.00. The Morgan fingerprint density at radius 3 is 2.22 bits per heavy atom. The predicted molar refractivity (Wildman–Crippen MR) is 184 cm³/mol. The lowest BCUT2D eigenvalue weighted by molar-refractivity contribution is -0.285. The minimum absolute atomic E-state index is 0.0493. The molecule has 3 rings (SSSR count). The fourth-order valence-corrected chi connectivity index (χ4v) is 8.27. The highest BCUT2D eigenvalue weighted by Gasteiger charge is 2.53. The molecule has 0 unspecified atom stereocenters. The summed E-state index contributed by atoms with van der Waals surface area (Å²) in [6.45, 7) is 15.6. The number of carbonyl (C=O) groups is 5. The maximum absolute atomic E-state index is 14.3. The number of aliphatic imine (C=N–C) groups is 1. The molecule has 1 amide bonds. The normalized spacial score (nSPS) is 42.0. The van der Waals surface area contributed by atoms with Crippen LogP contribution in [0, 0.1) is 29.6 Å². The van der Waals surface area contributed by atoms with Crippen molar-refractivity contribution in [2.75, 3.05) is 27.3 Å². The van der Waals surface area contributed by atoms with Gasteiger partial charge in [-0.2, -0.15) is 0 Å². The van der Waals surface area contributed by atoms with Gasteiger partial charge in [-0.05, 0) is 73.9 Å². The Morgan fingerprint density at radius 1 is 1.02 bits per heavy atom. The van der Waals surface area contributed by atoms with E-state index < -0.39 is 102 Å². The maximum atomic E-state index is 14.3. The van der Waals surface area contributed by atoms with Gasteiger partial charge in [-0.1, -0.05) is 27.7 Å². The van der Waals surface area contributed by atoms with Crippen molar-refractivity contribution < 1.29 is 52.8 Å². The van der Waals surface area contributed by atoms with Gasteiger partial charge < -0.3 is 38.5 Å². The monoisotopic (exact) mass is 708 g/mol. The summed E-state index contributed by atoms with van der Waals surface area (Å²) in [5, 5.41) is 12.0. The topological polar surface area (TPSA) is 167 Å². The van der Waals surface area contributed by atoms with Crippen LogP contribution in [0.2, 0.25) is 0 Å². The number of hydrogen-bond donors (Lipinski definition) is 1. The van der Waals surface area contributed by atoms with Gasteiger partial charge in [-0.3, -0.25) is 19.2 Å². The molecule has 2 bridgehead atoms. The first kappa shape index (κ1) is 42.0. The summed E-state index contributed by atoms with van der Waals surface area (Å²) in [4.78, 5) is 73.0. The molecule has 3 fully saturated rings. The Kier molecular flexibility index (Phi) is 14.2. The van der Waals surface area contributed by atoms with Crippen molar-refractivity contribution in [1.29, 1.82) is 0 Å². The number of ether oxygens (including phenoxy) is 5. The lowest BCUT2D eigenvalue weighted by Gasteiger charge is -2.48. The number of fused-ring (bicyclic) bond motifs is 5. The van der Waals surface area contributed by atoms with Gasteiger partial charge in [-0.25, -0.2) is 4.99 Å². The number of Topliss-reactive ketones (excluding diaryl/α,β-unsaturated/α-hetero) is 3. The second-order valence-corrected chi connectivity index (χ2v) is 15.5. The lowest BCUT2D eigenvalue weighted by atomic mass is 9.73. The number of nitrogens with zero attached hydrogens (tertiary/aromatic N) is 2. The largest absolute Gasteiger partial charge is 0.459 e. The van der Waals surface area contributed by atoms with E-state index in [1.165, 1.54) is 27.7 Å². The van der Waals surface area contributed by atoms with Gasteiger partial charge in [0, 0.05) is 42.9 Å². The van der Waals surface area contributed by atoms with Crippen molar-refractivity contribution in [2.45, 2.75) is 143 Å². The highest BCUT2D eigenvalue weighted by Crippen LogP contribution is 2.41. The first-order chi connectivity index (χ1) is 23.1. The summed E-state index contributed by atoms with van der Waals surface area (Å²) >= 11 is 0. The van der Waals surface area contributed by atoms with Crippen LogP contribution in [0.1, 0.15) is 94.9 Å². The van der Waals surface area contributed by atoms with E-state index in [-0.39, 0.29) is 37.2 Å². The smallest absolute Gasteiger partial charge is 0.316 e. The Balaban J connectivity index is 2.32. The Labute approximate surface area is 297 Å². The molecule has 50 heavy (non-hydrogen) atoms. The van der Waals surface area contributed by atoms with Crippen molar-refractivity contribution in [3.63, 3.8) is 0 Å². The standard InChI is InChI=1S/C37H60N2O11/c1-13-29-37(10,45)33-22(5)30(38-25(8)41)19(2)16-36(9,47-18-26(42)17-46-33)32(23(6)31(43)24(7)34(44)49-29)50-35-27(14-20(3)40)28(39(11)12)15-21(4)48-35/h19,21-24,27-29,32-33,35,45H,13-18H2,1-12H3/b38-30+/t19-,21-,22+,23+,24-,27-,28+,29-,32-,33-,35+,36-,37-/m1/s1. The Morgan fingerprint density at radius 2 is 1.66 bits per heavy atom. The summed E-state index contributed by atoms with van der Waals surface area (Å²) in [5.41, 5.74) is -2.86. The minimum atomic E-state index is -1.85. The molecule has 3 heterocycles. The van der Waals surface area contributed by atoms with E-state index in [1.54, 1.807) is 27.7 Å². The van der Waals surface area contributed by atoms with Gasteiger partial charge in [0.15, 0.2) is 17.9 Å². The van der Waals surface area contributed by atoms with E-state index >= 15 is 0 Å². The fraction of sp³-hybridized carbons (Fsp3) is 0.838. The van der Waals surface area contributed by atoms with Crippen molar-refractivity contribution in [1.82, 2.24) is 4.90 Å². The summed E-state index contributed by atoms with van der Waals surface area (Å²) in [6.07, 6.45) is -3.47. The molecule has 0 aliphatic carbocycles. The number of ketones is 3. The fourth-order valence-electron chi connectivity index (χ4n) is 8.27. The maximum Gasteiger partial charge on any atom is 0.316 e. The third kappa shape index (κ3) is 9.51. The zero-order valence-corrected chi connectivity index (χ0v) is 32.0. The quantitative estimate of drug-likeness (QED) is 0.316. The van der Waals surface area contributed by atoms with Crippen LogP contribution in [0.3, 0.4) is 0 Å². The van der Waals surface area contributed by atoms with E-state index in [4.69, 9.17) is 23.7 Å². The third-order valence-corrected chi connectivity index (χ3v) is 10.8. The van der Waals surface area contributed by atoms with Crippen LogP contribution >= 0.6 is 0 Å². The van der Waals surface area contributed by atoms with Gasteiger partial charge in [-0.15, -0.1) is 0 Å². The molecule has 13 heteroatoms. The van der Waals surface area contributed by atoms with Gasteiger partial charge in [0.2, 0.25) is 5.91 Å². The number of esters is 1. The van der Waals surface area contributed by atoms with Crippen LogP contribution in [-0.2, 0) is 47.7 Å². The van der Waals surface area contributed by atoms with E-state index in [0.717, 1.165) is 0 Å². The molecule has 1 N–H and O–H groups in total. The lowest BCUT2D eigenvalue weighted by Crippen LogP contribution is -2.59. The van der Waals surface area contributed by atoms with E-state index in [1.807, 2.05) is 32.8 Å². The van der Waals surface area contributed by atoms with Crippen LogP contribution in [0.15, 0.2) is 4.99 Å². The Bertz CT molecular complexity index is 1300. The molecule has 13 atom stereocenters. The van der Waals surface area contributed by atoms with Gasteiger partial charge in [0.25, 0.3) is 0 Å². The average molecular weight is 709 g/mol. The van der Waals surface area contributed by atoms with Crippen molar-refractivity contribution in [3.8, 4) is 0 Å². The molecule has 0 aromatic rings. The van der Waals surface area contributed by atoms with Crippen molar-refractivity contribution in [2.24, 2.45) is 34.6 Å². The summed E-state index contributed by atoms with van der Waals surface area (Å²) in [7, 11) is 3.87. The third-order valence-electron chi connectivity index (χ3n) is 10.8. The predicted octanol–water partition coefficient (Wildman–Crippen LogP) is 3.35. The van der Waals surface area contributed by atoms with E-state index in [9.17, 15) is 29.1 Å². The summed E-state index contributed by atoms with van der Waals surface area (Å²) in [6, 6.07) is -0.0872. The molecular formula is C37H60N2O11. The van der Waals surface area contributed by atoms with Crippen LogP contribution in [0.5, 0.6) is 0 Å². The second kappa shape index (κ2) is 16.9. The number of hydrogen-bond acceptors (Lipinski definition) is 12. The summed E-state index contributed by atoms with van der Waals surface area (Å²) in [5.74, 6) is -6.19. The van der Waals surface area contributed by atoms with Crippen molar-refractivity contribution in [3.05, 3.63) is 0 Å². The zero-order chi connectivity index (χ0) is 37.9. The average Bonchev–Trinajstić information content (AvgIpc) is 3.03. The van der Waals surface area contributed by atoms with Crippen LogP contribution < -0.4 is 0 Å². The van der Waals surface area contributed by atoms with Crippen LogP contribution in [0.25, 0.3) is 0 Å². The number of amides is 1. The van der Waals surface area contributed by atoms with E-state index in [2.05, 4.69) is 4.99 Å². The molecule has 3 saturated heterocycles. The number of cyclic esters (lactones) is 1. The molecule has 0 spiro atoms. The van der Waals surface area contributed by atoms with Crippen LogP contribution in [0.4, 0.5) is 0 Å². The number of carbonyl (C=O) groups excluding carboxylic acids is 5. The molecule has 284 valence electrons. The number of aliphatic hydroxyl groups is 1.